The van der Waals surface area contributed by atoms with Crippen LogP contribution in [-0.2, 0) is 0 Å². The maximum atomic E-state index is 2.31. The van der Waals surface area contributed by atoms with Crippen LogP contribution in [0, 0.1) is 0 Å². The van der Waals surface area contributed by atoms with Gasteiger partial charge in [0.05, 0.1) is 10.7 Å². The van der Waals surface area contributed by atoms with Crippen molar-refractivity contribution in [2.75, 3.05) is 11.9 Å². The van der Waals surface area contributed by atoms with Gasteiger partial charge >= 0.3 is 0 Å². The molecule has 0 aliphatic carbocycles. The van der Waals surface area contributed by atoms with Gasteiger partial charge in [-0.2, -0.15) is 0 Å². The fraction of sp³-hybridized carbons (Fsp3) is 0.0588. The molecular formula is C17H13NS3. The molecule has 1 aliphatic rings. The lowest BCUT2D eigenvalue weighted by molar-refractivity contribution is 1.18. The summed E-state index contributed by atoms with van der Waals surface area (Å²) < 4.78 is 0. The summed E-state index contributed by atoms with van der Waals surface area (Å²) in [6, 6.07) is 17.3. The molecule has 0 saturated carbocycles. The first-order valence-electron chi connectivity index (χ1n) is 6.67. The van der Waals surface area contributed by atoms with E-state index in [-0.39, 0.29) is 0 Å². The Kier molecular flexibility index (Phi) is 3.37. The molecule has 0 radical (unpaired) electrons. The number of fused-ring (bicyclic) bond motifs is 1. The minimum Gasteiger partial charge on any atom is -0.338 e. The van der Waals surface area contributed by atoms with Crippen molar-refractivity contribution in [3.63, 3.8) is 0 Å². The maximum Gasteiger partial charge on any atom is 0.0901 e. The van der Waals surface area contributed by atoms with Crippen LogP contribution < -0.4 is 4.90 Å². The summed E-state index contributed by atoms with van der Waals surface area (Å²) in [6.45, 7) is 0. The molecule has 0 fully saturated rings. The Labute approximate surface area is 136 Å². The standard InChI is InChI=1S/C17H13NS3/c1-18-12-6-2-3-7-13(12)21-17(18)16(14-8-4-10-19-14)15-9-5-11-20-15/h2-11H,1H3. The Bertz CT molecular complexity index is 749. The number of thioether (sulfide) groups is 1. The molecule has 0 bridgehead atoms. The Morgan fingerprint density at radius 2 is 1.52 bits per heavy atom. The molecule has 4 rings (SSSR count). The first-order valence-corrected chi connectivity index (χ1v) is 9.25. The van der Waals surface area contributed by atoms with Crippen LogP contribution in [0.25, 0.3) is 5.57 Å². The van der Waals surface area contributed by atoms with Crippen molar-refractivity contribution < 1.29 is 0 Å². The Morgan fingerprint density at radius 1 is 0.857 bits per heavy atom. The van der Waals surface area contributed by atoms with Crippen molar-refractivity contribution in [2.24, 2.45) is 0 Å². The van der Waals surface area contributed by atoms with Crippen molar-refractivity contribution in [2.45, 2.75) is 4.90 Å². The monoisotopic (exact) mass is 327 g/mol. The summed E-state index contributed by atoms with van der Waals surface area (Å²) >= 11 is 5.48. The third kappa shape index (κ3) is 2.24. The molecule has 0 N–H and O–H groups in total. The van der Waals surface area contributed by atoms with E-state index in [1.54, 1.807) is 22.7 Å². The van der Waals surface area contributed by atoms with Gasteiger partial charge in [0.25, 0.3) is 0 Å². The topological polar surface area (TPSA) is 3.24 Å². The summed E-state index contributed by atoms with van der Waals surface area (Å²) in [5, 5.41) is 5.62. The zero-order valence-electron chi connectivity index (χ0n) is 11.4. The van der Waals surface area contributed by atoms with E-state index in [0.717, 1.165) is 0 Å². The summed E-state index contributed by atoms with van der Waals surface area (Å²) in [4.78, 5) is 6.31. The molecular weight excluding hydrogens is 314 g/mol. The summed E-state index contributed by atoms with van der Waals surface area (Å²) in [7, 11) is 2.16. The molecule has 2 aromatic heterocycles. The molecule has 3 heterocycles. The molecule has 0 saturated heterocycles. The minimum atomic E-state index is 1.29. The minimum absolute atomic E-state index is 1.29. The van der Waals surface area contributed by atoms with Gasteiger partial charge < -0.3 is 4.90 Å². The van der Waals surface area contributed by atoms with E-state index >= 15 is 0 Å². The normalized spacial score (nSPS) is 13.6. The predicted octanol–water partition coefficient (Wildman–Crippen LogP) is 5.77. The fourth-order valence-corrected chi connectivity index (χ4v) is 5.48. The predicted molar refractivity (Wildman–Crippen MR) is 95.4 cm³/mol. The van der Waals surface area contributed by atoms with Gasteiger partial charge in [-0.1, -0.05) is 36.0 Å². The zero-order valence-corrected chi connectivity index (χ0v) is 13.9. The molecule has 21 heavy (non-hydrogen) atoms. The number of rotatable bonds is 2. The van der Waals surface area contributed by atoms with Gasteiger partial charge in [0, 0.05) is 27.3 Å². The lowest BCUT2D eigenvalue weighted by atomic mass is 10.2. The zero-order chi connectivity index (χ0) is 14.2. The van der Waals surface area contributed by atoms with Gasteiger partial charge in [-0.15, -0.1) is 22.7 Å². The molecule has 4 heteroatoms. The van der Waals surface area contributed by atoms with Crippen LogP contribution in [0.2, 0.25) is 0 Å². The highest BCUT2D eigenvalue weighted by atomic mass is 32.2. The van der Waals surface area contributed by atoms with E-state index in [1.165, 1.54) is 30.9 Å². The average molecular weight is 327 g/mol. The lowest BCUT2D eigenvalue weighted by Gasteiger charge is -2.17. The molecule has 0 spiro atoms. The highest BCUT2D eigenvalue weighted by Crippen LogP contribution is 2.49. The second-order valence-electron chi connectivity index (χ2n) is 4.76. The Balaban J connectivity index is 1.92. The van der Waals surface area contributed by atoms with Gasteiger partial charge in [0.15, 0.2) is 0 Å². The molecule has 0 unspecified atom stereocenters. The summed E-state index contributed by atoms with van der Waals surface area (Å²) in [6.07, 6.45) is 0. The Hall–Kier alpha value is -1.49. The van der Waals surface area contributed by atoms with Crippen molar-refractivity contribution in [3.05, 3.63) is 74.1 Å². The number of thiophene rings is 2. The molecule has 0 amide bonds. The van der Waals surface area contributed by atoms with Gasteiger partial charge in [-0.05, 0) is 35.0 Å². The van der Waals surface area contributed by atoms with E-state index in [4.69, 9.17) is 0 Å². The van der Waals surface area contributed by atoms with Crippen LogP contribution in [0.1, 0.15) is 9.75 Å². The Morgan fingerprint density at radius 3 is 2.10 bits per heavy atom. The van der Waals surface area contributed by atoms with Gasteiger partial charge in [0.2, 0.25) is 0 Å². The van der Waals surface area contributed by atoms with E-state index in [0.29, 0.717) is 0 Å². The number of hydrogen-bond acceptors (Lipinski definition) is 4. The van der Waals surface area contributed by atoms with Gasteiger partial charge in [-0.3, -0.25) is 0 Å². The largest absolute Gasteiger partial charge is 0.338 e. The number of hydrogen-bond donors (Lipinski definition) is 0. The van der Waals surface area contributed by atoms with Crippen LogP contribution >= 0.6 is 34.4 Å². The third-order valence-electron chi connectivity index (χ3n) is 3.49. The summed E-state index contributed by atoms with van der Waals surface area (Å²) in [5.41, 5.74) is 2.65. The van der Waals surface area contributed by atoms with Gasteiger partial charge in [-0.25, -0.2) is 0 Å². The summed E-state index contributed by atoms with van der Waals surface area (Å²) in [5.74, 6) is 0. The van der Waals surface area contributed by atoms with Crippen LogP contribution in [0.3, 0.4) is 0 Å². The first-order chi connectivity index (χ1) is 10.3. The molecule has 3 aromatic rings. The molecule has 104 valence electrons. The number of benzene rings is 1. The smallest absolute Gasteiger partial charge is 0.0901 e. The van der Waals surface area contributed by atoms with Crippen LogP contribution in [0.4, 0.5) is 5.69 Å². The number of anilines is 1. The van der Waals surface area contributed by atoms with Crippen molar-refractivity contribution in [3.8, 4) is 0 Å². The first kappa shape index (κ1) is 13.2. The number of nitrogens with zero attached hydrogens (tertiary/aromatic N) is 1. The highest BCUT2D eigenvalue weighted by Gasteiger charge is 2.26. The third-order valence-corrected chi connectivity index (χ3v) is 6.50. The van der Waals surface area contributed by atoms with Crippen LogP contribution in [-0.4, -0.2) is 7.05 Å². The quantitative estimate of drug-likeness (QED) is 0.588. The SMILES string of the molecule is CN1C(=C(c2cccs2)c2cccs2)Sc2ccccc21. The lowest BCUT2D eigenvalue weighted by Crippen LogP contribution is -2.11. The van der Waals surface area contributed by atoms with E-state index < -0.39 is 0 Å². The van der Waals surface area contributed by atoms with Crippen molar-refractivity contribution in [1.29, 1.82) is 0 Å². The van der Waals surface area contributed by atoms with Crippen LogP contribution in [0.5, 0.6) is 0 Å². The maximum absolute atomic E-state index is 2.31. The number of para-hydroxylation sites is 1. The second kappa shape index (κ2) is 5.37. The van der Waals surface area contributed by atoms with Crippen LogP contribution in [0.15, 0.2) is 69.2 Å². The van der Waals surface area contributed by atoms with E-state index in [1.807, 2.05) is 11.8 Å². The molecule has 1 aromatic carbocycles. The van der Waals surface area contributed by atoms with E-state index in [2.05, 4.69) is 71.2 Å². The van der Waals surface area contributed by atoms with Crippen molar-refractivity contribution >= 4 is 45.7 Å². The van der Waals surface area contributed by atoms with Crippen molar-refractivity contribution in [1.82, 2.24) is 0 Å². The molecule has 0 atom stereocenters. The molecule has 1 nitrogen and oxygen atoms in total. The average Bonchev–Trinajstić information content (AvgIpc) is 3.24. The second-order valence-corrected chi connectivity index (χ2v) is 7.69. The van der Waals surface area contributed by atoms with Gasteiger partial charge in [0.1, 0.15) is 0 Å². The highest BCUT2D eigenvalue weighted by molar-refractivity contribution is 8.04. The van der Waals surface area contributed by atoms with E-state index in [9.17, 15) is 0 Å². The molecule has 1 aliphatic heterocycles. The fourth-order valence-electron chi connectivity index (χ4n) is 2.50.